The van der Waals surface area contributed by atoms with Crippen LogP contribution in [0.2, 0.25) is 0 Å². The third-order valence-corrected chi connectivity index (χ3v) is 2.30. The lowest BCUT2D eigenvalue weighted by atomic mass is 10.3. The first-order valence-electron chi connectivity index (χ1n) is 5.60. The second-order valence-electron chi connectivity index (χ2n) is 3.66. The van der Waals surface area contributed by atoms with E-state index in [1.165, 1.54) is 12.3 Å². The highest BCUT2D eigenvalue weighted by molar-refractivity contribution is 5.86. The van der Waals surface area contributed by atoms with Crippen molar-refractivity contribution in [1.29, 1.82) is 0 Å². The molecule has 7 nitrogen and oxygen atoms in total. The van der Waals surface area contributed by atoms with E-state index < -0.39 is 5.97 Å². The second kappa shape index (κ2) is 5.96. The predicted octanol–water partition coefficient (Wildman–Crippen LogP) is 1.49. The number of carbonyl (C=O) groups is 1. The number of anilines is 1. The minimum Gasteiger partial charge on any atom is -0.477 e. The van der Waals surface area contributed by atoms with Crippen LogP contribution >= 0.6 is 0 Å². The highest BCUT2D eigenvalue weighted by Gasteiger charge is 2.13. The third-order valence-electron chi connectivity index (χ3n) is 2.30. The number of furan rings is 1. The van der Waals surface area contributed by atoms with Crippen LogP contribution in [0, 0.1) is 0 Å². The lowest BCUT2D eigenvalue weighted by molar-refractivity contribution is 0.0690. The molecule has 0 aliphatic heterocycles. The maximum atomic E-state index is 11.0. The Morgan fingerprint density at radius 2 is 2.37 bits per heavy atom. The minimum absolute atomic E-state index is 0.0960. The molecular weight excluding hydrogens is 250 g/mol. The summed E-state index contributed by atoms with van der Waals surface area (Å²) in [4.78, 5) is 19.2. The molecule has 0 spiro atoms. The lowest BCUT2D eigenvalue weighted by Crippen LogP contribution is -2.11. The highest BCUT2D eigenvalue weighted by Crippen LogP contribution is 2.18. The van der Waals surface area contributed by atoms with Gasteiger partial charge in [0.2, 0.25) is 0 Å². The molecule has 0 unspecified atom stereocenters. The zero-order valence-electron chi connectivity index (χ0n) is 10.3. The first-order valence-corrected chi connectivity index (χ1v) is 5.60. The Hall–Kier alpha value is -2.41. The van der Waals surface area contributed by atoms with E-state index in [1.54, 1.807) is 19.2 Å². The van der Waals surface area contributed by atoms with E-state index in [2.05, 4.69) is 15.3 Å². The van der Waals surface area contributed by atoms with Crippen molar-refractivity contribution in [2.45, 2.75) is 0 Å². The number of aromatic nitrogens is 2. The summed E-state index contributed by atoms with van der Waals surface area (Å²) in [6.07, 6.45) is 1.48. The van der Waals surface area contributed by atoms with Gasteiger partial charge in [-0.05, 0) is 12.1 Å². The van der Waals surface area contributed by atoms with Crippen molar-refractivity contribution in [2.24, 2.45) is 0 Å². The van der Waals surface area contributed by atoms with Crippen molar-refractivity contribution in [1.82, 2.24) is 9.97 Å². The van der Waals surface area contributed by atoms with Gasteiger partial charge in [0.25, 0.3) is 0 Å². The maximum Gasteiger partial charge on any atom is 0.354 e. The quantitative estimate of drug-likeness (QED) is 0.762. The predicted molar refractivity (Wildman–Crippen MR) is 67.1 cm³/mol. The van der Waals surface area contributed by atoms with Crippen molar-refractivity contribution in [2.75, 3.05) is 25.6 Å². The number of methoxy groups -OCH3 is 1. The molecule has 19 heavy (non-hydrogen) atoms. The molecule has 7 heteroatoms. The number of hydrogen-bond donors (Lipinski definition) is 2. The Morgan fingerprint density at radius 1 is 1.53 bits per heavy atom. The number of hydrogen-bond acceptors (Lipinski definition) is 6. The molecule has 0 bridgehead atoms. The van der Waals surface area contributed by atoms with E-state index in [4.69, 9.17) is 14.3 Å². The van der Waals surface area contributed by atoms with Gasteiger partial charge >= 0.3 is 5.97 Å². The summed E-state index contributed by atoms with van der Waals surface area (Å²) in [7, 11) is 1.58. The molecule has 0 radical (unpaired) electrons. The summed E-state index contributed by atoms with van der Waals surface area (Å²) in [5, 5.41) is 12.0. The van der Waals surface area contributed by atoms with Crippen LogP contribution in [0.15, 0.2) is 28.9 Å². The number of rotatable bonds is 6. The number of ether oxygens (including phenoxy) is 1. The molecule has 0 aromatic carbocycles. The van der Waals surface area contributed by atoms with E-state index in [9.17, 15) is 4.79 Å². The fourth-order valence-corrected chi connectivity index (χ4v) is 1.44. The first-order chi connectivity index (χ1) is 9.20. The second-order valence-corrected chi connectivity index (χ2v) is 3.66. The van der Waals surface area contributed by atoms with Crippen molar-refractivity contribution in [3.63, 3.8) is 0 Å². The van der Waals surface area contributed by atoms with Crippen LogP contribution in [-0.2, 0) is 4.74 Å². The number of nitrogens with zero attached hydrogens (tertiary/aromatic N) is 2. The molecule has 2 aromatic rings. The van der Waals surface area contributed by atoms with E-state index in [0.717, 1.165) is 0 Å². The van der Waals surface area contributed by atoms with E-state index in [1.807, 2.05) is 0 Å². The van der Waals surface area contributed by atoms with Crippen LogP contribution in [0.25, 0.3) is 11.6 Å². The molecule has 2 rings (SSSR count). The van der Waals surface area contributed by atoms with Gasteiger partial charge in [-0.2, -0.15) is 0 Å². The lowest BCUT2D eigenvalue weighted by Gasteiger charge is -2.07. The largest absolute Gasteiger partial charge is 0.477 e. The molecule has 100 valence electrons. The molecule has 2 N–H and O–H groups in total. The average molecular weight is 263 g/mol. The van der Waals surface area contributed by atoms with Crippen molar-refractivity contribution < 1.29 is 19.1 Å². The first kappa shape index (κ1) is 13.0. The third kappa shape index (κ3) is 3.29. The van der Waals surface area contributed by atoms with Crippen LogP contribution in [0.4, 0.5) is 5.82 Å². The molecule has 0 aliphatic carbocycles. The molecule has 0 fully saturated rings. The Labute approximate surface area is 109 Å². The molecule has 2 aromatic heterocycles. The SMILES string of the molecule is COCCNc1cc(C(=O)O)nc(-c2ccco2)n1. The van der Waals surface area contributed by atoms with Gasteiger partial charge in [-0.25, -0.2) is 14.8 Å². The van der Waals surface area contributed by atoms with E-state index in [-0.39, 0.29) is 11.5 Å². The summed E-state index contributed by atoms with van der Waals surface area (Å²) in [5.74, 6) is -0.0662. The minimum atomic E-state index is -1.12. The van der Waals surface area contributed by atoms with Gasteiger partial charge in [0, 0.05) is 19.7 Å². The molecule has 0 amide bonds. The summed E-state index contributed by atoms with van der Waals surface area (Å²) in [6, 6.07) is 4.72. The zero-order valence-corrected chi connectivity index (χ0v) is 10.3. The molecular formula is C12H13N3O4. The number of carboxylic acids is 1. The smallest absolute Gasteiger partial charge is 0.354 e. The normalized spacial score (nSPS) is 10.4. The van der Waals surface area contributed by atoms with E-state index in [0.29, 0.717) is 24.7 Å². The van der Waals surface area contributed by atoms with Crippen LogP contribution in [0.3, 0.4) is 0 Å². The fraction of sp³-hybridized carbons (Fsp3) is 0.250. The van der Waals surface area contributed by atoms with Crippen LogP contribution < -0.4 is 5.32 Å². The van der Waals surface area contributed by atoms with Crippen LogP contribution in [0.5, 0.6) is 0 Å². The summed E-state index contributed by atoms with van der Waals surface area (Å²) < 4.78 is 10.1. The number of aromatic carboxylic acids is 1. The molecule has 0 saturated heterocycles. The van der Waals surface area contributed by atoms with Crippen molar-refractivity contribution in [3.05, 3.63) is 30.2 Å². The molecule has 0 saturated carbocycles. The monoisotopic (exact) mass is 263 g/mol. The summed E-state index contributed by atoms with van der Waals surface area (Å²) in [6.45, 7) is 1.01. The Balaban J connectivity index is 2.30. The van der Waals surface area contributed by atoms with Gasteiger partial charge in [0.15, 0.2) is 17.3 Å². The highest BCUT2D eigenvalue weighted by atomic mass is 16.5. The van der Waals surface area contributed by atoms with Gasteiger partial charge < -0.3 is 19.6 Å². The number of carboxylic acid groups (broad SMARTS) is 1. The van der Waals surface area contributed by atoms with Crippen molar-refractivity contribution >= 4 is 11.8 Å². The van der Waals surface area contributed by atoms with Gasteiger partial charge in [0.1, 0.15) is 5.82 Å². The topological polar surface area (TPSA) is 97.5 Å². The Bertz CT molecular complexity index is 554. The molecule has 2 heterocycles. The average Bonchev–Trinajstić information content (AvgIpc) is 2.92. The van der Waals surface area contributed by atoms with Crippen LogP contribution in [0.1, 0.15) is 10.5 Å². The van der Waals surface area contributed by atoms with Gasteiger partial charge in [0.05, 0.1) is 12.9 Å². The standard InChI is InChI=1S/C12H13N3O4/c1-18-6-4-13-10-7-8(12(16)17)14-11(15-10)9-3-2-5-19-9/h2-3,5,7H,4,6H2,1H3,(H,16,17)(H,13,14,15). The Kier molecular flexibility index (Phi) is 4.09. The van der Waals surface area contributed by atoms with E-state index >= 15 is 0 Å². The summed E-state index contributed by atoms with van der Waals surface area (Å²) >= 11 is 0. The Morgan fingerprint density at radius 3 is 3.00 bits per heavy atom. The van der Waals surface area contributed by atoms with Crippen molar-refractivity contribution in [3.8, 4) is 11.6 Å². The van der Waals surface area contributed by atoms with Gasteiger partial charge in [-0.3, -0.25) is 0 Å². The summed E-state index contributed by atoms with van der Waals surface area (Å²) in [5.41, 5.74) is -0.0960. The fourth-order valence-electron chi connectivity index (χ4n) is 1.44. The molecule has 0 aliphatic rings. The maximum absolute atomic E-state index is 11.0. The molecule has 0 atom stereocenters. The number of nitrogens with one attached hydrogen (secondary N) is 1. The zero-order chi connectivity index (χ0) is 13.7. The van der Waals surface area contributed by atoms with Gasteiger partial charge in [-0.15, -0.1) is 0 Å². The van der Waals surface area contributed by atoms with Crippen LogP contribution in [-0.4, -0.2) is 41.3 Å². The van der Waals surface area contributed by atoms with Gasteiger partial charge in [-0.1, -0.05) is 0 Å².